The SMILES string of the molecule is Cc1ccc(N=C=O)c([C]=O)c1. The van der Waals surface area contributed by atoms with Gasteiger partial charge in [-0.2, -0.15) is 4.99 Å². The van der Waals surface area contributed by atoms with E-state index in [0.29, 0.717) is 11.3 Å². The Hall–Kier alpha value is -1.73. The molecule has 0 aliphatic carbocycles. The number of aryl methyl sites for hydroxylation is 1. The molecule has 3 nitrogen and oxygen atoms in total. The third-order valence-corrected chi connectivity index (χ3v) is 1.43. The van der Waals surface area contributed by atoms with Gasteiger partial charge in [0.2, 0.25) is 12.4 Å². The molecule has 0 N–H and O–H groups in total. The number of hydrogen-bond acceptors (Lipinski definition) is 3. The maximum atomic E-state index is 10.3. The highest BCUT2D eigenvalue weighted by atomic mass is 16.1. The predicted molar refractivity (Wildman–Crippen MR) is 43.8 cm³/mol. The molecular weight excluding hydrogens is 154 g/mol. The van der Waals surface area contributed by atoms with Crippen LogP contribution in [0.5, 0.6) is 0 Å². The Labute approximate surface area is 69.7 Å². The quantitative estimate of drug-likeness (QED) is 0.485. The summed E-state index contributed by atoms with van der Waals surface area (Å²) >= 11 is 0. The third kappa shape index (κ3) is 1.65. The van der Waals surface area contributed by atoms with Gasteiger partial charge in [0, 0.05) is 0 Å². The van der Waals surface area contributed by atoms with Gasteiger partial charge < -0.3 is 0 Å². The highest BCUT2D eigenvalue weighted by Crippen LogP contribution is 2.17. The van der Waals surface area contributed by atoms with Crippen molar-refractivity contribution in [2.75, 3.05) is 0 Å². The predicted octanol–water partition coefficient (Wildman–Crippen LogP) is 1.42. The standard InChI is InChI=1S/C9H6NO2/c1-7-2-3-9(10-6-12)8(4-7)5-11/h2-4H,1H3. The highest BCUT2D eigenvalue weighted by Gasteiger charge is 2.00. The van der Waals surface area contributed by atoms with Crippen LogP contribution in [0.1, 0.15) is 11.1 Å². The smallest absolute Gasteiger partial charge is 0.240 e. The second-order valence-corrected chi connectivity index (χ2v) is 2.33. The Balaban J connectivity index is 3.28. The molecule has 0 amide bonds. The lowest BCUT2D eigenvalue weighted by Crippen LogP contribution is -1.82. The van der Waals surface area contributed by atoms with E-state index < -0.39 is 0 Å². The van der Waals surface area contributed by atoms with Gasteiger partial charge in [-0.05, 0) is 19.1 Å². The van der Waals surface area contributed by atoms with Gasteiger partial charge in [0.25, 0.3) is 0 Å². The number of nitrogens with zero attached hydrogens (tertiary/aromatic N) is 1. The van der Waals surface area contributed by atoms with E-state index in [4.69, 9.17) is 0 Å². The summed E-state index contributed by atoms with van der Waals surface area (Å²) in [6.45, 7) is 1.84. The van der Waals surface area contributed by atoms with Gasteiger partial charge in [-0.1, -0.05) is 11.6 Å². The zero-order valence-corrected chi connectivity index (χ0v) is 6.50. The van der Waals surface area contributed by atoms with Crippen molar-refractivity contribution in [3.63, 3.8) is 0 Å². The fourth-order valence-electron chi connectivity index (χ4n) is 0.878. The number of hydrogen-bond donors (Lipinski definition) is 0. The number of rotatable bonds is 2. The van der Waals surface area contributed by atoms with Crippen LogP contribution in [-0.4, -0.2) is 12.4 Å². The van der Waals surface area contributed by atoms with Crippen molar-refractivity contribution in [2.45, 2.75) is 6.92 Å². The second-order valence-electron chi connectivity index (χ2n) is 2.33. The third-order valence-electron chi connectivity index (χ3n) is 1.43. The van der Waals surface area contributed by atoms with E-state index in [2.05, 4.69) is 4.99 Å². The molecular formula is C9H6NO2. The van der Waals surface area contributed by atoms with Crippen molar-refractivity contribution in [1.82, 2.24) is 0 Å². The monoisotopic (exact) mass is 160 g/mol. The van der Waals surface area contributed by atoms with Crippen LogP contribution in [0, 0.1) is 6.92 Å². The molecule has 0 aromatic heterocycles. The van der Waals surface area contributed by atoms with Gasteiger partial charge in [0.1, 0.15) is 0 Å². The van der Waals surface area contributed by atoms with Crippen molar-refractivity contribution in [3.8, 4) is 0 Å². The molecule has 0 atom stereocenters. The molecule has 0 saturated carbocycles. The van der Waals surface area contributed by atoms with Crippen molar-refractivity contribution in [2.24, 2.45) is 4.99 Å². The van der Waals surface area contributed by atoms with E-state index in [1.807, 2.05) is 6.92 Å². The highest BCUT2D eigenvalue weighted by molar-refractivity contribution is 5.84. The molecule has 0 unspecified atom stereocenters. The van der Waals surface area contributed by atoms with Crippen molar-refractivity contribution in [3.05, 3.63) is 29.3 Å². The topological polar surface area (TPSA) is 46.5 Å². The van der Waals surface area contributed by atoms with E-state index in [0.717, 1.165) is 5.56 Å². The fraction of sp³-hybridized carbons (Fsp3) is 0.111. The molecule has 0 saturated heterocycles. The number of benzene rings is 1. The summed E-state index contributed by atoms with van der Waals surface area (Å²) in [5.41, 5.74) is 1.53. The summed E-state index contributed by atoms with van der Waals surface area (Å²) in [6.07, 6.45) is 3.07. The van der Waals surface area contributed by atoms with Gasteiger partial charge in [-0.3, -0.25) is 4.79 Å². The van der Waals surface area contributed by atoms with Crippen LogP contribution in [0.4, 0.5) is 5.69 Å². The van der Waals surface area contributed by atoms with E-state index in [-0.39, 0.29) is 0 Å². The summed E-state index contributed by atoms with van der Waals surface area (Å²) in [5, 5.41) is 0. The maximum absolute atomic E-state index is 10.3. The second kappa shape index (κ2) is 3.60. The Kier molecular flexibility index (Phi) is 2.51. The summed E-state index contributed by atoms with van der Waals surface area (Å²) in [5.74, 6) is 0. The van der Waals surface area contributed by atoms with E-state index in [9.17, 15) is 9.59 Å². The molecule has 1 radical (unpaired) electrons. The van der Waals surface area contributed by atoms with Gasteiger partial charge in [-0.15, -0.1) is 0 Å². The van der Waals surface area contributed by atoms with Crippen LogP contribution < -0.4 is 0 Å². The van der Waals surface area contributed by atoms with Gasteiger partial charge in [0.15, 0.2) is 0 Å². The lowest BCUT2D eigenvalue weighted by Gasteiger charge is -1.96. The first-order chi connectivity index (χ1) is 5.77. The van der Waals surface area contributed by atoms with Crippen LogP contribution in [-0.2, 0) is 9.59 Å². The first-order valence-electron chi connectivity index (χ1n) is 3.34. The maximum Gasteiger partial charge on any atom is 0.240 e. The van der Waals surface area contributed by atoms with E-state index >= 15 is 0 Å². The average molecular weight is 160 g/mol. The van der Waals surface area contributed by atoms with Gasteiger partial charge >= 0.3 is 0 Å². The molecule has 0 bridgehead atoms. The first-order valence-corrected chi connectivity index (χ1v) is 3.34. The molecule has 3 heteroatoms. The summed E-state index contributed by atoms with van der Waals surface area (Å²) < 4.78 is 0. The summed E-state index contributed by atoms with van der Waals surface area (Å²) in [6, 6.07) is 4.96. The first kappa shape index (κ1) is 8.37. The molecule has 0 aliphatic rings. The van der Waals surface area contributed by atoms with Gasteiger partial charge in [0.05, 0.1) is 11.3 Å². The van der Waals surface area contributed by atoms with Gasteiger partial charge in [-0.25, -0.2) is 4.79 Å². The molecule has 0 heterocycles. The molecule has 59 valence electrons. The Bertz CT molecular complexity index is 352. The normalized spacial score (nSPS) is 8.75. The Morgan fingerprint density at radius 2 is 2.08 bits per heavy atom. The fourth-order valence-corrected chi connectivity index (χ4v) is 0.878. The minimum absolute atomic E-state index is 0.290. The lowest BCUT2D eigenvalue weighted by molar-refractivity contribution is 0.562. The van der Waals surface area contributed by atoms with E-state index in [1.165, 1.54) is 6.08 Å². The average Bonchev–Trinajstić information content (AvgIpc) is 2.08. The van der Waals surface area contributed by atoms with Crippen LogP contribution in [0.25, 0.3) is 0 Å². The summed E-state index contributed by atoms with van der Waals surface area (Å²) in [7, 11) is 0. The molecule has 0 fully saturated rings. The Morgan fingerprint density at radius 3 is 2.67 bits per heavy atom. The zero-order chi connectivity index (χ0) is 8.97. The van der Waals surface area contributed by atoms with Crippen LogP contribution in [0.2, 0.25) is 0 Å². The molecule has 0 aliphatic heterocycles. The van der Waals surface area contributed by atoms with Crippen LogP contribution >= 0.6 is 0 Å². The van der Waals surface area contributed by atoms with Crippen molar-refractivity contribution < 1.29 is 9.59 Å². The number of isocyanates is 1. The number of carbonyl (C=O) groups excluding carboxylic acids is 2. The molecule has 1 aromatic rings. The van der Waals surface area contributed by atoms with Crippen molar-refractivity contribution in [1.29, 1.82) is 0 Å². The molecule has 0 spiro atoms. The minimum Gasteiger partial charge on any atom is -0.285 e. The minimum atomic E-state index is 0.290. The molecule has 1 aromatic carbocycles. The lowest BCUT2D eigenvalue weighted by atomic mass is 10.1. The van der Waals surface area contributed by atoms with E-state index in [1.54, 1.807) is 24.5 Å². The largest absolute Gasteiger partial charge is 0.285 e. The summed E-state index contributed by atoms with van der Waals surface area (Å²) in [4.78, 5) is 23.6. The molecule has 12 heavy (non-hydrogen) atoms. The van der Waals surface area contributed by atoms with Crippen molar-refractivity contribution >= 4 is 18.1 Å². The Morgan fingerprint density at radius 1 is 1.33 bits per heavy atom. The van der Waals surface area contributed by atoms with Crippen LogP contribution in [0.3, 0.4) is 0 Å². The molecule has 1 rings (SSSR count). The zero-order valence-electron chi connectivity index (χ0n) is 6.50. The van der Waals surface area contributed by atoms with Crippen LogP contribution in [0.15, 0.2) is 23.2 Å². The number of aliphatic imine (C=N–C) groups is 1.